The molecule has 3 rings (SSSR count). The molecule has 0 aliphatic heterocycles. The number of hydrogen-bond donors (Lipinski definition) is 0. The van der Waals surface area contributed by atoms with E-state index in [1.807, 2.05) is 24.3 Å². The minimum Gasteiger partial charge on any atom is -0.301 e. The normalized spacial score (nSPS) is 10.9. The Bertz CT molecular complexity index is 814. The fourth-order valence-corrected chi connectivity index (χ4v) is 2.62. The zero-order chi connectivity index (χ0) is 14.1. The Morgan fingerprint density at radius 2 is 1.75 bits per heavy atom. The maximum Gasteiger partial charge on any atom is 0.269 e. The van der Waals surface area contributed by atoms with E-state index < -0.39 is 0 Å². The lowest BCUT2D eigenvalue weighted by Crippen LogP contribution is -2.21. The van der Waals surface area contributed by atoms with Gasteiger partial charge in [0.25, 0.3) is 5.56 Å². The van der Waals surface area contributed by atoms with E-state index in [9.17, 15) is 4.79 Å². The van der Waals surface area contributed by atoms with E-state index in [0.29, 0.717) is 6.54 Å². The molecule has 0 aliphatic carbocycles. The first-order chi connectivity index (χ1) is 9.63. The number of nitrogens with zero attached hydrogens (tertiary/aromatic N) is 2. The summed E-state index contributed by atoms with van der Waals surface area (Å²) in [5.41, 5.74) is 5.22. The fourth-order valence-electron chi connectivity index (χ4n) is 2.62. The molecular weight excluding hydrogens is 248 g/mol. The van der Waals surface area contributed by atoms with Gasteiger partial charge in [-0.25, -0.2) is 4.98 Å². The van der Waals surface area contributed by atoms with E-state index in [1.54, 1.807) is 4.57 Å². The van der Waals surface area contributed by atoms with Crippen LogP contribution in [-0.2, 0) is 6.54 Å². The lowest BCUT2D eigenvalue weighted by atomic mass is 10.1. The van der Waals surface area contributed by atoms with Crippen molar-refractivity contribution in [3.8, 4) is 0 Å². The molecule has 0 fully saturated rings. The molecule has 20 heavy (non-hydrogen) atoms. The molecule has 3 nitrogen and oxygen atoms in total. The quantitative estimate of drug-likeness (QED) is 0.713. The highest BCUT2D eigenvalue weighted by Gasteiger charge is 2.05. The lowest BCUT2D eigenvalue weighted by molar-refractivity contribution is 0.785. The SMILES string of the molecule is Cc1cc(C)cc(Cn2c(=O)cnc3ccccc32)c1. The molecule has 0 unspecified atom stereocenters. The summed E-state index contributed by atoms with van der Waals surface area (Å²) in [4.78, 5) is 16.3. The Morgan fingerprint density at radius 1 is 1.05 bits per heavy atom. The van der Waals surface area contributed by atoms with Crippen molar-refractivity contribution < 1.29 is 0 Å². The van der Waals surface area contributed by atoms with Gasteiger partial charge in [0.1, 0.15) is 0 Å². The van der Waals surface area contributed by atoms with Gasteiger partial charge in [-0.15, -0.1) is 0 Å². The van der Waals surface area contributed by atoms with Gasteiger partial charge in [0.2, 0.25) is 0 Å². The minimum absolute atomic E-state index is 0.0668. The number of aromatic nitrogens is 2. The van der Waals surface area contributed by atoms with Crippen molar-refractivity contribution in [2.45, 2.75) is 20.4 Å². The van der Waals surface area contributed by atoms with Crippen molar-refractivity contribution in [3.63, 3.8) is 0 Å². The second kappa shape index (κ2) is 4.93. The minimum atomic E-state index is -0.0668. The third-order valence-electron chi connectivity index (χ3n) is 3.37. The van der Waals surface area contributed by atoms with Crippen LogP contribution < -0.4 is 5.56 Å². The maximum atomic E-state index is 12.1. The van der Waals surface area contributed by atoms with Crippen LogP contribution in [0.25, 0.3) is 11.0 Å². The van der Waals surface area contributed by atoms with E-state index in [0.717, 1.165) is 16.6 Å². The molecule has 0 spiro atoms. The molecule has 0 saturated heterocycles. The molecule has 0 aliphatic rings. The van der Waals surface area contributed by atoms with Crippen LogP contribution in [0.3, 0.4) is 0 Å². The van der Waals surface area contributed by atoms with Crippen molar-refractivity contribution >= 4 is 11.0 Å². The standard InChI is InChI=1S/C17H16N2O/c1-12-7-13(2)9-14(8-12)11-19-16-6-4-3-5-15(16)18-10-17(19)20/h3-10H,11H2,1-2H3. The van der Waals surface area contributed by atoms with E-state index >= 15 is 0 Å². The van der Waals surface area contributed by atoms with E-state index in [2.05, 4.69) is 37.0 Å². The van der Waals surface area contributed by atoms with E-state index in [4.69, 9.17) is 0 Å². The van der Waals surface area contributed by atoms with Crippen LogP contribution in [0.15, 0.2) is 53.5 Å². The first-order valence-electron chi connectivity index (χ1n) is 6.65. The van der Waals surface area contributed by atoms with Crippen LogP contribution in [0.4, 0.5) is 0 Å². The largest absolute Gasteiger partial charge is 0.301 e. The Hall–Kier alpha value is -2.42. The zero-order valence-electron chi connectivity index (χ0n) is 11.6. The van der Waals surface area contributed by atoms with Gasteiger partial charge in [0.05, 0.1) is 23.8 Å². The molecule has 3 heteroatoms. The highest BCUT2D eigenvalue weighted by molar-refractivity contribution is 5.74. The molecule has 0 saturated carbocycles. The van der Waals surface area contributed by atoms with Gasteiger partial charge in [0.15, 0.2) is 0 Å². The summed E-state index contributed by atoms with van der Waals surface area (Å²) in [7, 11) is 0. The molecule has 0 bridgehead atoms. The molecule has 0 atom stereocenters. The summed E-state index contributed by atoms with van der Waals surface area (Å²) in [6, 6.07) is 14.1. The molecule has 0 amide bonds. The van der Waals surface area contributed by atoms with Crippen LogP contribution >= 0.6 is 0 Å². The van der Waals surface area contributed by atoms with Crippen LogP contribution in [0, 0.1) is 13.8 Å². The summed E-state index contributed by atoms with van der Waals surface area (Å²) in [6.45, 7) is 4.72. The second-order valence-electron chi connectivity index (χ2n) is 5.17. The molecule has 1 aromatic heterocycles. The monoisotopic (exact) mass is 264 g/mol. The van der Waals surface area contributed by atoms with Crippen molar-refractivity contribution in [1.82, 2.24) is 9.55 Å². The third-order valence-corrected chi connectivity index (χ3v) is 3.37. The van der Waals surface area contributed by atoms with Crippen molar-refractivity contribution in [2.75, 3.05) is 0 Å². The number of hydrogen-bond acceptors (Lipinski definition) is 2. The van der Waals surface area contributed by atoms with Gasteiger partial charge in [-0.05, 0) is 31.5 Å². The Morgan fingerprint density at radius 3 is 2.50 bits per heavy atom. The zero-order valence-corrected chi connectivity index (χ0v) is 11.6. The maximum absolute atomic E-state index is 12.1. The van der Waals surface area contributed by atoms with Gasteiger partial charge in [-0.2, -0.15) is 0 Å². The molecule has 1 heterocycles. The smallest absolute Gasteiger partial charge is 0.269 e. The molecule has 0 N–H and O–H groups in total. The van der Waals surface area contributed by atoms with E-state index in [1.165, 1.54) is 17.3 Å². The van der Waals surface area contributed by atoms with Crippen LogP contribution in [0.2, 0.25) is 0 Å². The van der Waals surface area contributed by atoms with Gasteiger partial charge in [-0.3, -0.25) is 4.79 Å². The van der Waals surface area contributed by atoms with Crippen LogP contribution in [0.1, 0.15) is 16.7 Å². The first-order valence-corrected chi connectivity index (χ1v) is 6.65. The number of aryl methyl sites for hydroxylation is 2. The molecule has 0 radical (unpaired) electrons. The summed E-state index contributed by atoms with van der Waals surface area (Å²) in [6.07, 6.45) is 1.39. The van der Waals surface area contributed by atoms with Crippen molar-refractivity contribution in [3.05, 3.63) is 75.7 Å². The summed E-state index contributed by atoms with van der Waals surface area (Å²) in [5, 5.41) is 0. The second-order valence-corrected chi connectivity index (χ2v) is 5.17. The average Bonchev–Trinajstić information content (AvgIpc) is 2.41. The number of para-hydroxylation sites is 2. The van der Waals surface area contributed by atoms with Gasteiger partial charge >= 0.3 is 0 Å². The summed E-state index contributed by atoms with van der Waals surface area (Å²) in [5.74, 6) is 0. The molecule has 100 valence electrons. The summed E-state index contributed by atoms with van der Waals surface area (Å²) >= 11 is 0. The highest BCUT2D eigenvalue weighted by Crippen LogP contribution is 2.13. The average molecular weight is 264 g/mol. The number of benzene rings is 2. The molecule has 2 aromatic carbocycles. The summed E-state index contributed by atoms with van der Waals surface area (Å²) < 4.78 is 1.77. The van der Waals surface area contributed by atoms with Crippen LogP contribution in [0.5, 0.6) is 0 Å². The topological polar surface area (TPSA) is 34.9 Å². The van der Waals surface area contributed by atoms with Gasteiger partial charge < -0.3 is 4.57 Å². The van der Waals surface area contributed by atoms with Gasteiger partial charge in [-0.1, -0.05) is 41.5 Å². The van der Waals surface area contributed by atoms with Gasteiger partial charge in [0, 0.05) is 0 Å². The fraction of sp³-hybridized carbons (Fsp3) is 0.176. The Kier molecular flexibility index (Phi) is 3.11. The number of fused-ring (bicyclic) bond motifs is 1. The van der Waals surface area contributed by atoms with Crippen LogP contribution in [-0.4, -0.2) is 9.55 Å². The lowest BCUT2D eigenvalue weighted by Gasteiger charge is -2.10. The Balaban J connectivity index is 2.15. The van der Waals surface area contributed by atoms with E-state index in [-0.39, 0.29) is 5.56 Å². The highest BCUT2D eigenvalue weighted by atomic mass is 16.1. The number of rotatable bonds is 2. The molecule has 3 aromatic rings. The Labute approximate surface area is 117 Å². The van der Waals surface area contributed by atoms with Crippen molar-refractivity contribution in [1.29, 1.82) is 0 Å². The molecular formula is C17H16N2O. The third kappa shape index (κ3) is 2.35. The first kappa shape index (κ1) is 12.6. The predicted molar refractivity (Wildman–Crippen MR) is 81.0 cm³/mol. The van der Waals surface area contributed by atoms with Crippen molar-refractivity contribution in [2.24, 2.45) is 0 Å². The predicted octanol–water partition coefficient (Wildman–Crippen LogP) is 3.06.